The molecule has 0 bridgehead atoms. The lowest BCUT2D eigenvalue weighted by Gasteiger charge is -2.26. The van der Waals surface area contributed by atoms with Crippen molar-refractivity contribution in [3.63, 3.8) is 0 Å². The summed E-state index contributed by atoms with van der Waals surface area (Å²) in [5.74, 6) is 0.320. The number of carbonyl (C=O) groups excluding carboxylic acids is 1. The zero-order chi connectivity index (χ0) is 24.2. The van der Waals surface area contributed by atoms with Crippen molar-refractivity contribution in [2.45, 2.75) is 51.1 Å². The largest absolute Gasteiger partial charge is 0.305 e. The maximum absolute atomic E-state index is 14.0. The van der Waals surface area contributed by atoms with Gasteiger partial charge in [0, 0.05) is 35.7 Å². The molecule has 1 atom stereocenters. The van der Waals surface area contributed by atoms with Gasteiger partial charge in [-0.3, -0.25) is 19.9 Å². The normalized spacial score (nSPS) is 18.5. The Morgan fingerprint density at radius 1 is 0.857 bits per heavy atom. The molecule has 1 fully saturated rings. The molecule has 0 saturated heterocycles. The Kier molecular flexibility index (Phi) is 6.70. The monoisotopic (exact) mass is 467 g/mol. The van der Waals surface area contributed by atoms with E-state index >= 15 is 0 Å². The van der Waals surface area contributed by atoms with Gasteiger partial charge in [-0.05, 0) is 30.0 Å². The van der Waals surface area contributed by atoms with Crippen LogP contribution in [0.3, 0.4) is 0 Å². The molecule has 178 valence electrons. The fraction of sp³-hybridized carbons (Fsp3) is 0.310. The van der Waals surface area contributed by atoms with Gasteiger partial charge in [-0.2, -0.15) is 0 Å². The molecular formula is C29H29N3O3. The SMILES string of the molecule is O=C1[C@H](Cc2ccccc2)N=C(C2CCCCC2)c2ccccc2N1Cc1ccc([N+](=O)[O-])cc1. The summed E-state index contributed by atoms with van der Waals surface area (Å²) in [4.78, 5) is 31.7. The summed E-state index contributed by atoms with van der Waals surface area (Å²) >= 11 is 0. The Bertz CT molecular complexity index is 1230. The lowest BCUT2D eigenvalue weighted by Crippen LogP contribution is -2.38. The summed E-state index contributed by atoms with van der Waals surface area (Å²) in [5, 5.41) is 11.1. The molecule has 1 aliphatic heterocycles. The zero-order valence-corrected chi connectivity index (χ0v) is 19.7. The van der Waals surface area contributed by atoms with E-state index in [0.29, 0.717) is 18.9 Å². The van der Waals surface area contributed by atoms with Gasteiger partial charge in [0.2, 0.25) is 0 Å². The van der Waals surface area contributed by atoms with Crippen molar-refractivity contribution in [3.8, 4) is 0 Å². The minimum Gasteiger partial charge on any atom is -0.305 e. The van der Waals surface area contributed by atoms with E-state index in [1.807, 2.05) is 53.4 Å². The van der Waals surface area contributed by atoms with Gasteiger partial charge in [0.05, 0.1) is 17.2 Å². The Hall–Kier alpha value is -3.80. The number of non-ortho nitro benzene ring substituents is 1. The Morgan fingerprint density at radius 2 is 1.54 bits per heavy atom. The molecule has 0 radical (unpaired) electrons. The van der Waals surface area contributed by atoms with Crippen LogP contribution in [-0.4, -0.2) is 22.6 Å². The molecule has 2 aliphatic rings. The van der Waals surface area contributed by atoms with E-state index in [2.05, 4.69) is 6.07 Å². The second-order valence-electron chi connectivity index (χ2n) is 9.42. The number of aliphatic imine (C=N–C) groups is 1. The predicted octanol–water partition coefficient (Wildman–Crippen LogP) is 6.12. The van der Waals surface area contributed by atoms with E-state index < -0.39 is 11.0 Å². The van der Waals surface area contributed by atoms with Gasteiger partial charge in [-0.25, -0.2) is 0 Å². The number of nitro benzene ring substituents is 1. The first-order valence-electron chi connectivity index (χ1n) is 12.4. The van der Waals surface area contributed by atoms with Crippen molar-refractivity contribution in [1.29, 1.82) is 0 Å². The lowest BCUT2D eigenvalue weighted by atomic mass is 9.82. The number of benzene rings is 3. The standard InChI is InChI=1S/C29H29N3O3/c33-29-26(19-21-9-3-1-4-10-21)30-28(23-11-5-2-6-12-23)25-13-7-8-14-27(25)31(29)20-22-15-17-24(18-16-22)32(34)35/h1,3-4,7-10,13-18,23,26H,2,5-6,11-12,19-20H2/t26-/m0/s1. The molecule has 0 aromatic heterocycles. The Labute approximate surface area is 205 Å². The second kappa shape index (κ2) is 10.2. The first-order valence-corrected chi connectivity index (χ1v) is 12.4. The number of nitro groups is 1. The summed E-state index contributed by atoms with van der Waals surface area (Å²) in [6.07, 6.45) is 6.37. The van der Waals surface area contributed by atoms with Gasteiger partial charge in [0.25, 0.3) is 11.6 Å². The zero-order valence-electron chi connectivity index (χ0n) is 19.7. The Morgan fingerprint density at radius 3 is 2.26 bits per heavy atom. The second-order valence-corrected chi connectivity index (χ2v) is 9.42. The van der Waals surface area contributed by atoms with Crippen LogP contribution in [0, 0.1) is 16.0 Å². The third kappa shape index (κ3) is 5.02. The lowest BCUT2D eigenvalue weighted by molar-refractivity contribution is -0.384. The summed E-state index contributed by atoms with van der Waals surface area (Å²) in [6, 6.07) is 24.1. The number of anilines is 1. The number of carbonyl (C=O) groups is 1. The van der Waals surface area contributed by atoms with Crippen LogP contribution in [0.1, 0.15) is 48.8 Å². The average molecular weight is 468 g/mol. The molecule has 1 aliphatic carbocycles. The van der Waals surface area contributed by atoms with Crippen LogP contribution in [0.4, 0.5) is 11.4 Å². The molecule has 3 aromatic carbocycles. The van der Waals surface area contributed by atoms with E-state index in [1.54, 1.807) is 12.1 Å². The van der Waals surface area contributed by atoms with Gasteiger partial charge >= 0.3 is 0 Å². The molecule has 1 amide bonds. The Balaban J connectivity index is 1.56. The van der Waals surface area contributed by atoms with Crippen LogP contribution in [0.25, 0.3) is 0 Å². The van der Waals surface area contributed by atoms with Crippen LogP contribution < -0.4 is 4.90 Å². The maximum Gasteiger partial charge on any atom is 0.269 e. The number of hydrogen-bond acceptors (Lipinski definition) is 4. The molecular weight excluding hydrogens is 438 g/mol. The van der Waals surface area contributed by atoms with Gasteiger partial charge in [0.1, 0.15) is 6.04 Å². The van der Waals surface area contributed by atoms with Gasteiger partial charge in [-0.1, -0.05) is 79.9 Å². The summed E-state index contributed by atoms with van der Waals surface area (Å²) in [5.41, 5.74) is 4.93. The van der Waals surface area contributed by atoms with Crippen LogP contribution in [0.2, 0.25) is 0 Å². The molecule has 1 heterocycles. The summed E-state index contributed by atoms with van der Waals surface area (Å²) in [7, 11) is 0. The molecule has 6 nitrogen and oxygen atoms in total. The number of amides is 1. The number of para-hydroxylation sites is 1. The quantitative estimate of drug-likeness (QED) is 0.324. The van der Waals surface area contributed by atoms with Crippen LogP contribution >= 0.6 is 0 Å². The number of rotatable bonds is 6. The predicted molar refractivity (Wildman–Crippen MR) is 138 cm³/mol. The minimum absolute atomic E-state index is 0.0366. The van der Waals surface area contributed by atoms with E-state index in [4.69, 9.17) is 4.99 Å². The summed E-state index contributed by atoms with van der Waals surface area (Å²) in [6.45, 7) is 0.340. The van der Waals surface area contributed by atoms with Crippen LogP contribution in [0.5, 0.6) is 0 Å². The topological polar surface area (TPSA) is 75.8 Å². The molecule has 6 heteroatoms. The smallest absolute Gasteiger partial charge is 0.269 e. The fourth-order valence-electron chi connectivity index (χ4n) is 5.26. The van der Waals surface area contributed by atoms with Crippen molar-refractivity contribution in [1.82, 2.24) is 0 Å². The molecule has 5 rings (SSSR count). The highest BCUT2D eigenvalue weighted by atomic mass is 16.6. The van der Waals surface area contributed by atoms with Crippen molar-refractivity contribution in [3.05, 3.63) is 106 Å². The highest BCUT2D eigenvalue weighted by Gasteiger charge is 2.34. The first kappa shape index (κ1) is 23.0. The molecule has 0 unspecified atom stereocenters. The van der Waals surface area contributed by atoms with Crippen molar-refractivity contribution in [2.24, 2.45) is 10.9 Å². The van der Waals surface area contributed by atoms with E-state index in [9.17, 15) is 14.9 Å². The molecule has 0 spiro atoms. The van der Waals surface area contributed by atoms with E-state index in [0.717, 1.165) is 40.9 Å². The van der Waals surface area contributed by atoms with Gasteiger partial charge < -0.3 is 4.90 Å². The highest BCUT2D eigenvalue weighted by Crippen LogP contribution is 2.35. The van der Waals surface area contributed by atoms with Crippen LogP contribution in [-0.2, 0) is 17.8 Å². The molecule has 35 heavy (non-hydrogen) atoms. The number of benzodiazepines with no additional fused rings is 1. The van der Waals surface area contributed by atoms with E-state index in [1.165, 1.54) is 31.4 Å². The molecule has 3 aromatic rings. The van der Waals surface area contributed by atoms with Crippen molar-refractivity contribution >= 4 is 23.0 Å². The third-order valence-electron chi connectivity index (χ3n) is 7.07. The summed E-state index contributed by atoms with van der Waals surface area (Å²) < 4.78 is 0. The highest BCUT2D eigenvalue weighted by molar-refractivity contribution is 6.13. The van der Waals surface area contributed by atoms with E-state index in [-0.39, 0.29) is 11.6 Å². The number of hydrogen-bond donors (Lipinski definition) is 0. The number of nitrogens with zero attached hydrogens (tertiary/aromatic N) is 3. The third-order valence-corrected chi connectivity index (χ3v) is 7.07. The first-order chi connectivity index (χ1) is 17.1. The number of fused-ring (bicyclic) bond motifs is 1. The fourth-order valence-corrected chi connectivity index (χ4v) is 5.26. The molecule has 1 saturated carbocycles. The maximum atomic E-state index is 14.0. The van der Waals surface area contributed by atoms with Gasteiger partial charge in [-0.15, -0.1) is 0 Å². The average Bonchev–Trinajstić information content (AvgIpc) is 3.01. The van der Waals surface area contributed by atoms with Gasteiger partial charge in [0.15, 0.2) is 0 Å². The van der Waals surface area contributed by atoms with Crippen molar-refractivity contribution < 1.29 is 9.72 Å². The minimum atomic E-state index is -0.514. The molecule has 0 N–H and O–H groups in total. The van der Waals surface area contributed by atoms with Crippen molar-refractivity contribution in [2.75, 3.05) is 4.90 Å². The van der Waals surface area contributed by atoms with Crippen LogP contribution in [0.15, 0.2) is 83.9 Å².